The van der Waals surface area contributed by atoms with Crippen molar-refractivity contribution in [1.82, 2.24) is 5.32 Å². The summed E-state index contributed by atoms with van der Waals surface area (Å²) in [4.78, 5) is 0. The minimum Gasteiger partial charge on any atom is -0.385 e. The van der Waals surface area contributed by atoms with Crippen LogP contribution in [0, 0.1) is 0 Å². The molecule has 0 bridgehead atoms. The molecule has 1 N–H and O–H groups in total. The molecule has 0 spiro atoms. The molecule has 0 aromatic heterocycles. The van der Waals surface area contributed by atoms with Gasteiger partial charge in [0, 0.05) is 17.5 Å². The Bertz CT molecular complexity index is 117. The fraction of sp³-hybridized carbons (Fsp3) is 0.800. The molecule has 12 heavy (non-hydrogen) atoms. The number of allylic oxidation sites excluding steroid dienone is 1. The van der Waals surface area contributed by atoms with Gasteiger partial charge in [-0.05, 0) is 19.1 Å². The van der Waals surface area contributed by atoms with Crippen molar-refractivity contribution >= 4 is 11.8 Å². The van der Waals surface area contributed by atoms with Crippen molar-refractivity contribution in [3.63, 3.8) is 0 Å². The third-order valence-corrected chi connectivity index (χ3v) is 2.58. The zero-order valence-electron chi connectivity index (χ0n) is 8.52. The summed E-state index contributed by atoms with van der Waals surface area (Å²) in [5.74, 6) is 1.19. The third kappa shape index (κ3) is 5.53. The molecule has 1 atom stereocenters. The molecule has 0 heterocycles. The van der Waals surface area contributed by atoms with Gasteiger partial charge in [-0.1, -0.05) is 26.8 Å². The Morgan fingerprint density at radius 3 is 2.58 bits per heavy atom. The lowest BCUT2D eigenvalue weighted by molar-refractivity contribution is 0.559. The summed E-state index contributed by atoms with van der Waals surface area (Å²) >= 11 is 1.90. The SMILES string of the molecule is C=C(CC)NC(CCC)CSC. The molecule has 0 saturated carbocycles. The Kier molecular flexibility index (Phi) is 7.47. The number of hydrogen-bond donors (Lipinski definition) is 1. The largest absolute Gasteiger partial charge is 0.385 e. The molecule has 1 unspecified atom stereocenters. The first-order valence-corrected chi connectivity index (χ1v) is 6.07. The first kappa shape index (κ1) is 11.9. The van der Waals surface area contributed by atoms with Gasteiger partial charge in [0.15, 0.2) is 0 Å². The van der Waals surface area contributed by atoms with E-state index in [4.69, 9.17) is 0 Å². The molecule has 0 aliphatic heterocycles. The van der Waals surface area contributed by atoms with Crippen molar-refractivity contribution in [1.29, 1.82) is 0 Å². The normalized spacial score (nSPS) is 12.6. The summed E-state index contributed by atoms with van der Waals surface area (Å²) in [6.07, 6.45) is 5.68. The topological polar surface area (TPSA) is 12.0 Å². The maximum atomic E-state index is 3.96. The smallest absolute Gasteiger partial charge is 0.0348 e. The second-order valence-corrected chi connectivity index (χ2v) is 3.95. The summed E-state index contributed by atoms with van der Waals surface area (Å²) in [6.45, 7) is 8.32. The van der Waals surface area contributed by atoms with Crippen molar-refractivity contribution < 1.29 is 0 Å². The molecule has 0 aliphatic rings. The lowest BCUT2D eigenvalue weighted by Gasteiger charge is -2.19. The van der Waals surface area contributed by atoms with Gasteiger partial charge in [0.2, 0.25) is 0 Å². The monoisotopic (exact) mass is 187 g/mol. The van der Waals surface area contributed by atoms with Crippen LogP contribution in [0.1, 0.15) is 33.1 Å². The molecule has 0 aromatic rings. The Morgan fingerprint density at radius 1 is 1.50 bits per heavy atom. The van der Waals surface area contributed by atoms with Crippen LogP contribution in [-0.4, -0.2) is 18.1 Å². The lowest BCUT2D eigenvalue weighted by Crippen LogP contribution is -2.29. The summed E-state index contributed by atoms with van der Waals surface area (Å²) in [7, 11) is 0. The Balaban J connectivity index is 3.68. The molecule has 0 fully saturated rings. The average molecular weight is 187 g/mol. The van der Waals surface area contributed by atoms with Crippen molar-refractivity contribution in [3.8, 4) is 0 Å². The van der Waals surface area contributed by atoms with Gasteiger partial charge >= 0.3 is 0 Å². The molecule has 0 saturated heterocycles. The maximum absolute atomic E-state index is 3.96. The minimum atomic E-state index is 0.623. The van der Waals surface area contributed by atoms with Crippen LogP contribution in [0.15, 0.2) is 12.3 Å². The fourth-order valence-corrected chi connectivity index (χ4v) is 1.79. The number of rotatable bonds is 7. The molecule has 0 aliphatic carbocycles. The highest BCUT2D eigenvalue weighted by molar-refractivity contribution is 7.98. The summed E-state index contributed by atoms with van der Waals surface area (Å²) < 4.78 is 0. The van der Waals surface area contributed by atoms with Crippen LogP contribution in [0.4, 0.5) is 0 Å². The van der Waals surface area contributed by atoms with E-state index in [1.54, 1.807) is 0 Å². The molecule has 72 valence electrons. The molecule has 2 heteroatoms. The minimum absolute atomic E-state index is 0.623. The highest BCUT2D eigenvalue weighted by Crippen LogP contribution is 2.06. The molecular weight excluding hydrogens is 166 g/mol. The zero-order chi connectivity index (χ0) is 9.40. The van der Waals surface area contributed by atoms with Crippen LogP contribution < -0.4 is 5.32 Å². The van der Waals surface area contributed by atoms with Gasteiger partial charge in [-0.3, -0.25) is 0 Å². The van der Waals surface area contributed by atoms with Gasteiger partial charge in [0.25, 0.3) is 0 Å². The maximum Gasteiger partial charge on any atom is 0.0348 e. The van der Waals surface area contributed by atoms with E-state index in [2.05, 4.69) is 32.0 Å². The number of thioether (sulfide) groups is 1. The molecule has 0 aromatic carbocycles. The van der Waals surface area contributed by atoms with Crippen molar-refractivity contribution in [2.24, 2.45) is 0 Å². The van der Waals surface area contributed by atoms with Gasteiger partial charge in [-0.25, -0.2) is 0 Å². The van der Waals surface area contributed by atoms with Crippen molar-refractivity contribution in [3.05, 3.63) is 12.3 Å². The second-order valence-electron chi connectivity index (χ2n) is 3.04. The molecule has 0 radical (unpaired) electrons. The van der Waals surface area contributed by atoms with E-state index < -0.39 is 0 Å². The highest BCUT2D eigenvalue weighted by Gasteiger charge is 2.05. The Morgan fingerprint density at radius 2 is 2.17 bits per heavy atom. The van der Waals surface area contributed by atoms with Crippen molar-refractivity contribution in [2.75, 3.05) is 12.0 Å². The van der Waals surface area contributed by atoms with E-state index in [0.717, 1.165) is 6.42 Å². The Labute approximate surface area is 81.0 Å². The van der Waals surface area contributed by atoms with E-state index >= 15 is 0 Å². The van der Waals surface area contributed by atoms with Gasteiger partial charge in [0.05, 0.1) is 0 Å². The van der Waals surface area contributed by atoms with Gasteiger partial charge in [0.1, 0.15) is 0 Å². The fourth-order valence-electron chi connectivity index (χ4n) is 1.14. The number of nitrogens with one attached hydrogen (secondary N) is 1. The standard InChI is InChI=1S/C10H21NS/c1-5-7-10(8-12-4)11-9(3)6-2/h10-11H,3,5-8H2,1-2,4H3. The van der Waals surface area contributed by atoms with Crippen LogP contribution in [0.25, 0.3) is 0 Å². The highest BCUT2D eigenvalue weighted by atomic mass is 32.2. The summed E-state index contributed by atoms with van der Waals surface area (Å²) in [5.41, 5.74) is 1.17. The Hall–Kier alpha value is -0.110. The van der Waals surface area contributed by atoms with Gasteiger partial charge in [-0.2, -0.15) is 11.8 Å². The van der Waals surface area contributed by atoms with E-state index in [1.165, 1.54) is 24.3 Å². The quantitative estimate of drug-likeness (QED) is 0.657. The van der Waals surface area contributed by atoms with Crippen LogP contribution in [0.3, 0.4) is 0 Å². The van der Waals surface area contributed by atoms with Crippen molar-refractivity contribution in [2.45, 2.75) is 39.2 Å². The predicted octanol–water partition coefficient (Wildman–Crippen LogP) is 3.03. The molecule has 0 amide bonds. The second kappa shape index (κ2) is 7.53. The predicted molar refractivity (Wildman–Crippen MR) is 59.6 cm³/mol. The first-order valence-electron chi connectivity index (χ1n) is 4.67. The van der Waals surface area contributed by atoms with E-state index in [0.29, 0.717) is 6.04 Å². The summed E-state index contributed by atoms with van der Waals surface area (Å²) in [6, 6.07) is 0.623. The van der Waals surface area contributed by atoms with Gasteiger partial charge < -0.3 is 5.32 Å². The van der Waals surface area contributed by atoms with Crippen LogP contribution in [-0.2, 0) is 0 Å². The first-order chi connectivity index (χ1) is 5.74. The molecular formula is C10H21NS. The van der Waals surface area contributed by atoms with Crippen LogP contribution in [0.2, 0.25) is 0 Å². The van der Waals surface area contributed by atoms with Gasteiger partial charge in [-0.15, -0.1) is 0 Å². The van der Waals surface area contributed by atoms with E-state index in [1.807, 2.05) is 11.8 Å². The van der Waals surface area contributed by atoms with Crippen LogP contribution >= 0.6 is 11.8 Å². The van der Waals surface area contributed by atoms with E-state index in [9.17, 15) is 0 Å². The zero-order valence-corrected chi connectivity index (χ0v) is 9.34. The van der Waals surface area contributed by atoms with E-state index in [-0.39, 0.29) is 0 Å². The molecule has 1 nitrogen and oxygen atoms in total. The summed E-state index contributed by atoms with van der Waals surface area (Å²) in [5, 5.41) is 3.45. The van der Waals surface area contributed by atoms with Crippen LogP contribution in [0.5, 0.6) is 0 Å². The lowest BCUT2D eigenvalue weighted by atomic mass is 10.2. The molecule has 0 rings (SSSR count). The third-order valence-electron chi connectivity index (χ3n) is 1.84. The number of hydrogen-bond acceptors (Lipinski definition) is 2. The average Bonchev–Trinajstić information content (AvgIpc) is 2.05.